The fourth-order valence-corrected chi connectivity index (χ4v) is 3.21. The molecule has 3 rings (SSSR count). The van der Waals surface area contributed by atoms with Crippen LogP contribution >= 0.6 is 15.9 Å². The van der Waals surface area contributed by atoms with Gasteiger partial charge >= 0.3 is 0 Å². The fraction of sp³-hybridized carbons (Fsp3) is 0.471. The molecule has 0 radical (unpaired) electrons. The number of fused-ring (bicyclic) bond motifs is 1. The van der Waals surface area contributed by atoms with E-state index in [-0.39, 0.29) is 0 Å². The topological polar surface area (TPSA) is 34.6 Å². The second-order valence-electron chi connectivity index (χ2n) is 5.67. The third-order valence-corrected chi connectivity index (χ3v) is 4.52. The number of nitrogens with zero attached hydrogens (tertiary/aromatic N) is 2. The van der Waals surface area contributed by atoms with Crippen LogP contribution in [0.1, 0.15) is 6.42 Å². The summed E-state index contributed by atoms with van der Waals surface area (Å²) in [5, 5.41) is 1.16. The van der Waals surface area contributed by atoms with Crippen LogP contribution in [-0.2, 0) is 9.47 Å². The van der Waals surface area contributed by atoms with Crippen LogP contribution < -0.4 is 4.90 Å². The van der Waals surface area contributed by atoms with Gasteiger partial charge in [0.2, 0.25) is 0 Å². The third-order valence-electron chi connectivity index (χ3n) is 4.03. The van der Waals surface area contributed by atoms with E-state index in [0.717, 1.165) is 47.3 Å². The monoisotopic (exact) mass is 364 g/mol. The molecule has 0 bridgehead atoms. The van der Waals surface area contributed by atoms with E-state index in [0.29, 0.717) is 19.1 Å². The molecule has 1 aromatic carbocycles. The first-order chi connectivity index (χ1) is 10.8. The first kappa shape index (κ1) is 15.7. The van der Waals surface area contributed by atoms with Crippen molar-refractivity contribution in [3.05, 3.63) is 34.8 Å². The zero-order valence-corrected chi connectivity index (χ0v) is 14.4. The highest BCUT2D eigenvalue weighted by atomic mass is 79.9. The predicted molar refractivity (Wildman–Crippen MR) is 92.5 cm³/mol. The minimum atomic E-state index is 0.583. The van der Waals surface area contributed by atoms with E-state index < -0.39 is 0 Å². The molecule has 1 aliphatic heterocycles. The van der Waals surface area contributed by atoms with Gasteiger partial charge in [0.1, 0.15) is 5.82 Å². The molecule has 0 saturated carbocycles. The van der Waals surface area contributed by atoms with Gasteiger partial charge in [0.05, 0.1) is 25.3 Å². The Balaban J connectivity index is 1.61. The van der Waals surface area contributed by atoms with Crippen molar-refractivity contribution in [1.82, 2.24) is 4.98 Å². The van der Waals surface area contributed by atoms with Crippen molar-refractivity contribution < 1.29 is 9.47 Å². The Morgan fingerprint density at radius 3 is 3.05 bits per heavy atom. The number of hydrogen-bond acceptors (Lipinski definition) is 4. The maximum absolute atomic E-state index is 5.65. The highest BCUT2D eigenvalue weighted by molar-refractivity contribution is 9.10. The number of benzene rings is 1. The normalized spacial score (nSPS) is 18.3. The number of anilines is 1. The lowest BCUT2D eigenvalue weighted by Gasteiger charge is -2.18. The van der Waals surface area contributed by atoms with E-state index in [2.05, 4.69) is 45.1 Å². The molecule has 0 N–H and O–H groups in total. The Morgan fingerprint density at radius 1 is 1.27 bits per heavy atom. The summed E-state index contributed by atoms with van der Waals surface area (Å²) in [6.07, 6.45) is 1.16. The molecule has 0 amide bonds. The SMILES string of the molecule is COCCOCC1CCN(c2ccc3cc(Br)ccc3n2)C1. The minimum Gasteiger partial charge on any atom is -0.382 e. The molecule has 0 aliphatic carbocycles. The van der Waals surface area contributed by atoms with Crippen LogP contribution in [0.3, 0.4) is 0 Å². The summed E-state index contributed by atoms with van der Waals surface area (Å²) in [5.74, 6) is 1.65. The Labute approximate surface area is 139 Å². The molecule has 1 atom stereocenters. The molecule has 1 unspecified atom stereocenters. The van der Waals surface area contributed by atoms with Crippen LogP contribution in [0.5, 0.6) is 0 Å². The first-order valence-electron chi connectivity index (χ1n) is 7.64. The predicted octanol–water partition coefficient (Wildman–Crippen LogP) is 3.49. The molecule has 1 aliphatic rings. The van der Waals surface area contributed by atoms with Gasteiger partial charge in [-0.25, -0.2) is 4.98 Å². The molecule has 2 heterocycles. The highest BCUT2D eigenvalue weighted by Crippen LogP contribution is 2.26. The smallest absolute Gasteiger partial charge is 0.129 e. The van der Waals surface area contributed by atoms with Gasteiger partial charge < -0.3 is 14.4 Å². The maximum atomic E-state index is 5.65. The Kier molecular flexibility index (Phi) is 5.28. The van der Waals surface area contributed by atoms with Crippen LogP contribution in [0.25, 0.3) is 10.9 Å². The molecular weight excluding hydrogens is 344 g/mol. The van der Waals surface area contributed by atoms with Crippen molar-refractivity contribution in [1.29, 1.82) is 0 Å². The summed E-state index contributed by atoms with van der Waals surface area (Å²) in [5.41, 5.74) is 1.04. The largest absolute Gasteiger partial charge is 0.382 e. The molecule has 22 heavy (non-hydrogen) atoms. The van der Waals surface area contributed by atoms with Crippen molar-refractivity contribution in [2.24, 2.45) is 5.92 Å². The lowest BCUT2D eigenvalue weighted by Crippen LogP contribution is -2.22. The quantitative estimate of drug-likeness (QED) is 0.734. The average Bonchev–Trinajstić information content (AvgIpc) is 3.00. The van der Waals surface area contributed by atoms with Gasteiger partial charge in [-0.1, -0.05) is 15.9 Å². The second-order valence-corrected chi connectivity index (χ2v) is 6.59. The molecule has 118 valence electrons. The Morgan fingerprint density at radius 2 is 2.18 bits per heavy atom. The van der Waals surface area contributed by atoms with Gasteiger partial charge in [-0.2, -0.15) is 0 Å². The van der Waals surface area contributed by atoms with E-state index in [1.54, 1.807) is 7.11 Å². The number of aromatic nitrogens is 1. The molecule has 2 aromatic rings. The van der Waals surface area contributed by atoms with Crippen molar-refractivity contribution in [3.8, 4) is 0 Å². The summed E-state index contributed by atoms with van der Waals surface area (Å²) in [4.78, 5) is 7.14. The van der Waals surface area contributed by atoms with E-state index >= 15 is 0 Å². The molecular formula is C17H21BrN2O2. The molecule has 1 saturated heterocycles. The molecule has 0 spiro atoms. The third kappa shape index (κ3) is 3.77. The summed E-state index contributed by atoms with van der Waals surface area (Å²) in [6.45, 7) is 4.21. The van der Waals surface area contributed by atoms with Gasteiger partial charge in [-0.05, 0) is 36.8 Å². The van der Waals surface area contributed by atoms with Crippen molar-refractivity contribution >= 4 is 32.7 Å². The summed E-state index contributed by atoms with van der Waals surface area (Å²) in [6, 6.07) is 10.5. The molecule has 5 heteroatoms. The number of rotatable bonds is 6. The van der Waals surface area contributed by atoms with Gasteiger partial charge in [0.15, 0.2) is 0 Å². The number of halogens is 1. The van der Waals surface area contributed by atoms with E-state index in [1.165, 1.54) is 0 Å². The zero-order chi connectivity index (χ0) is 15.4. The summed E-state index contributed by atoms with van der Waals surface area (Å²) >= 11 is 3.50. The molecule has 1 aromatic heterocycles. The van der Waals surface area contributed by atoms with Gasteiger partial charge in [0, 0.05) is 36.0 Å². The highest BCUT2D eigenvalue weighted by Gasteiger charge is 2.23. The maximum Gasteiger partial charge on any atom is 0.129 e. The van der Waals surface area contributed by atoms with Gasteiger partial charge in [-0.15, -0.1) is 0 Å². The number of pyridine rings is 1. The Hall–Kier alpha value is -1.17. The number of ether oxygens (including phenoxy) is 2. The van der Waals surface area contributed by atoms with Crippen LogP contribution in [0.4, 0.5) is 5.82 Å². The zero-order valence-electron chi connectivity index (χ0n) is 12.8. The molecule has 1 fully saturated rings. The van der Waals surface area contributed by atoms with Gasteiger partial charge in [0.25, 0.3) is 0 Å². The lowest BCUT2D eigenvalue weighted by atomic mass is 10.1. The second kappa shape index (κ2) is 7.40. The first-order valence-corrected chi connectivity index (χ1v) is 8.43. The van der Waals surface area contributed by atoms with Crippen LogP contribution in [-0.4, -0.2) is 45.0 Å². The van der Waals surface area contributed by atoms with Crippen LogP contribution in [0.2, 0.25) is 0 Å². The number of hydrogen-bond donors (Lipinski definition) is 0. The van der Waals surface area contributed by atoms with E-state index in [9.17, 15) is 0 Å². The van der Waals surface area contributed by atoms with E-state index in [1.807, 2.05) is 6.07 Å². The number of methoxy groups -OCH3 is 1. The Bertz CT molecular complexity index is 635. The minimum absolute atomic E-state index is 0.583. The molecule has 4 nitrogen and oxygen atoms in total. The van der Waals surface area contributed by atoms with Crippen LogP contribution in [0.15, 0.2) is 34.8 Å². The lowest BCUT2D eigenvalue weighted by molar-refractivity contribution is 0.0549. The average molecular weight is 365 g/mol. The van der Waals surface area contributed by atoms with Crippen molar-refractivity contribution in [2.45, 2.75) is 6.42 Å². The summed E-state index contributed by atoms with van der Waals surface area (Å²) in [7, 11) is 1.70. The van der Waals surface area contributed by atoms with Crippen LogP contribution in [0, 0.1) is 5.92 Å². The standard InChI is InChI=1S/C17H21BrN2O2/c1-21-8-9-22-12-13-6-7-20(11-13)17-5-2-14-10-15(18)3-4-16(14)19-17/h2-5,10,13H,6-9,11-12H2,1H3. The van der Waals surface area contributed by atoms with E-state index in [4.69, 9.17) is 14.5 Å². The summed E-state index contributed by atoms with van der Waals surface area (Å²) < 4.78 is 11.7. The van der Waals surface area contributed by atoms with Gasteiger partial charge in [-0.3, -0.25) is 0 Å². The van der Waals surface area contributed by atoms with Crippen molar-refractivity contribution in [2.75, 3.05) is 44.9 Å². The van der Waals surface area contributed by atoms with Crippen molar-refractivity contribution in [3.63, 3.8) is 0 Å². The fourth-order valence-electron chi connectivity index (χ4n) is 2.83.